The number of carbonyl (C=O) groups excluding carboxylic acids is 1. The smallest absolute Gasteiger partial charge is 0.317 e. The van der Waals surface area contributed by atoms with Gasteiger partial charge in [-0.2, -0.15) is 4.31 Å². The summed E-state index contributed by atoms with van der Waals surface area (Å²) in [6.07, 6.45) is 3.67. The second kappa shape index (κ2) is 6.02. The number of nitrogens with zero attached hydrogens (tertiary/aromatic N) is 4. The first kappa shape index (κ1) is 15.8. The molecule has 1 aromatic heterocycles. The minimum absolute atomic E-state index is 0.203. The molecule has 0 radical (unpaired) electrons. The Morgan fingerprint density at radius 1 is 1.43 bits per heavy atom. The third-order valence-corrected chi connectivity index (χ3v) is 4.70. The Labute approximate surface area is 124 Å². The standard InChI is InChI=1S/C12H21N5O3S/c1-15(2)12(18)13-7-10-11-8-17(21(3,19)20)6-4-5-16(11)9-14-10/h9H,4-8H2,1-3H3,(H,13,18). The number of hydrogen-bond acceptors (Lipinski definition) is 4. The Hall–Kier alpha value is -1.61. The lowest BCUT2D eigenvalue weighted by Crippen LogP contribution is -2.34. The van der Waals surface area contributed by atoms with E-state index in [1.807, 2.05) is 4.57 Å². The van der Waals surface area contributed by atoms with Crippen molar-refractivity contribution in [2.45, 2.75) is 26.1 Å². The van der Waals surface area contributed by atoms with E-state index in [1.54, 1.807) is 20.4 Å². The van der Waals surface area contributed by atoms with E-state index < -0.39 is 10.0 Å². The molecule has 0 saturated carbocycles. The van der Waals surface area contributed by atoms with Crippen molar-refractivity contribution < 1.29 is 13.2 Å². The highest BCUT2D eigenvalue weighted by Gasteiger charge is 2.24. The third kappa shape index (κ3) is 3.73. The van der Waals surface area contributed by atoms with Crippen LogP contribution in [0.4, 0.5) is 4.79 Å². The average molecular weight is 315 g/mol. The van der Waals surface area contributed by atoms with Crippen molar-refractivity contribution in [1.82, 2.24) is 24.1 Å². The van der Waals surface area contributed by atoms with Gasteiger partial charge in [0, 0.05) is 27.2 Å². The van der Waals surface area contributed by atoms with E-state index in [0.29, 0.717) is 18.8 Å². The van der Waals surface area contributed by atoms with Crippen LogP contribution in [0.5, 0.6) is 0 Å². The predicted octanol–water partition coefficient (Wildman–Crippen LogP) is -0.180. The number of rotatable bonds is 3. The predicted molar refractivity (Wildman–Crippen MR) is 78.0 cm³/mol. The van der Waals surface area contributed by atoms with E-state index >= 15 is 0 Å². The first-order chi connectivity index (χ1) is 9.79. The van der Waals surface area contributed by atoms with Gasteiger partial charge >= 0.3 is 6.03 Å². The van der Waals surface area contributed by atoms with Crippen molar-refractivity contribution in [3.05, 3.63) is 17.7 Å². The Balaban J connectivity index is 2.17. The zero-order valence-electron chi connectivity index (χ0n) is 12.5. The fraction of sp³-hybridized carbons (Fsp3) is 0.667. The van der Waals surface area contributed by atoms with Gasteiger partial charge in [0.2, 0.25) is 10.0 Å². The molecule has 9 heteroatoms. The van der Waals surface area contributed by atoms with Gasteiger partial charge in [0.15, 0.2) is 0 Å². The van der Waals surface area contributed by atoms with E-state index in [-0.39, 0.29) is 12.6 Å². The van der Waals surface area contributed by atoms with Gasteiger partial charge in [-0.25, -0.2) is 18.2 Å². The first-order valence-corrected chi connectivity index (χ1v) is 8.57. The van der Waals surface area contributed by atoms with Crippen LogP contribution in [0.2, 0.25) is 0 Å². The van der Waals surface area contributed by atoms with Crippen molar-refractivity contribution in [3.8, 4) is 0 Å². The molecule has 0 bridgehead atoms. The van der Waals surface area contributed by atoms with Crippen LogP contribution in [0.1, 0.15) is 17.8 Å². The highest BCUT2D eigenvalue weighted by Crippen LogP contribution is 2.18. The minimum atomic E-state index is -3.23. The third-order valence-electron chi connectivity index (χ3n) is 3.45. The van der Waals surface area contributed by atoms with E-state index in [1.165, 1.54) is 15.5 Å². The number of aromatic nitrogens is 2. The minimum Gasteiger partial charge on any atom is -0.333 e. The molecule has 1 aliphatic heterocycles. The number of hydrogen-bond donors (Lipinski definition) is 1. The van der Waals surface area contributed by atoms with Crippen LogP contribution in [0.3, 0.4) is 0 Å². The highest BCUT2D eigenvalue weighted by molar-refractivity contribution is 7.88. The largest absolute Gasteiger partial charge is 0.333 e. The quantitative estimate of drug-likeness (QED) is 0.838. The van der Waals surface area contributed by atoms with Crippen LogP contribution in [0.15, 0.2) is 6.33 Å². The SMILES string of the molecule is CN(C)C(=O)NCc1ncn2c1CN(S(C)(=O)=O)CCC2. The van der Waals surface area contributed by atoms with Gasteiger partial charge < -0.3 is 14.8 Å². The number of sulfonamides is 1. The summed E-state index contributed by atoms with van der Waals surface area (Å²) in [5, 5.41) is 2.75. The maximum Gasteiger partial charge on any atom is 0.317 e. The van der Waals surface area contributed by atoms with E-state index in [9.17, 15) is 13.2 Å². The van der Waals surface area contributed by atoms with Gasteiger partial charge in [0.1, 0.15) is 0 Å². The normalized spacial score (nSPS) is 16.1. The molecular weight excluding hydrogens is 294 g/mol. The van der Waals surface area contributed by atoms with Crippen LogP contribution >= 0.6 is 0 Å². The lowest BCUT2D eigenvalue weighted by atomic mass is 10.3. The summed E-state index contributed by atoms with van der Waals surface area (Å²) in [7, 11) is 0.0876. The van der Waals surface area contributed by atoms with Crippen LogP contribution in [0, 0.1) is 0 Å². The van der Waals surface area contributed by atoms with Crippen molar-refractivity contribution in [3.63, 3.8) is 0 Å². The molecule has 0 fully saturated rings. The molecule has 0 spiro atoms. The number of imidazole rings is 1. The topological polar surface area (TPSA) is 87.5 Å². The van der Waals surface area contributed by atoms with Crippen LogP contribution in [0.25, 0.3) is 0 Å². The molecule has 0 saturated heterocycles. The number of aryl methyl sites for hydroxylation is 1. The Morgan fingerprint density at radius 3 is 2.76 bits per heavy atom. The summed E-state index contributed by atoms with van der Waals surface area (Å²) < 4.78 is 26.9. The summed E-state index contributed by atoms with van der Waals surface area (Å²) in [5.41, 5.74) is 1.55. The fourth-order valence-electron chi connectivity index (χ4n) is 2.24. The lowest BCUT2D eigenvalue weighted by Gasteiger charge is -2.17. The van der Waals surface area contributed by atoms with E-state index in [2.05, 4.69) is 10.3 Å². The second-order valence-electron chi connectivity index (χ2n) is 5.33. The molecule has 8 nitrogen and oxygen atoms in total. The van der Waals surface area contributed by atoms with E-state index in [4.69, 9.17) is 0 Å². The zero-order valence-corrected chi connectivity index (χ0v) is 13.4. The molecule has 2 rings (SSSR count). The number of fused-ring (bicyclic) bond motifs is 1. The highest BCUT2D eigenvalue weighted by atomic mass is 32.2. The fourth-order valence-corrected chi connectivity index (χ4v) is 3.05. The molecule has 1 aliphatic rings. The molecule has 1 N–H and O–H groups in total. The van der Waals surface area contributed by atoms with Gasteiger partial charge in [-0.3, -0.25) is 0 Å². The molecule has 0 atom stereocenters. The van der Waals surface area contributed by atoms with E-state index in [0.717, 1.165) is 18.7 Å². The Morgan fingerprint density at radius 2 is 2.14 bits per heavy atom. The summed E-state index contributed by atoms with van der Waals surface area (Å²) in [6.45, 7) is 1.82. The van der Waals surface area contributed by atoms with Crippen molar-refractivity contribution >= 4 is 16.1 Å². The summed E-state index contributed by atoms with van der Waals surface area (Å²) in [5.74, 6) is 0. The van der Waals surface area contributed by atoms with Gasteiger partial charge in [0.05, 0.1) is 37.1 Å². The molecule has 21 heavy (non-hydrogen) atoms. The lowest BCUT2D eigenvalue weighted by molar-refractivity contribution is 0.217. The monoisotopic (exact) mass is 315 g/mol. The molecule has 0 aliphatic carbocycles. The van der Waals surface area contributed by atoms with Gasteiger partial charge in [-0.05, 0) is 6.42 Å². The first-order valence-electron chi connectivity index (χ1n) is 6.72. The van der Waals surface area contributed by atoms with Crippen LogP contribution in [-0.2, 0) is 29.7 Å². The van der Waals surface area contributed by atoms with Gasteiger partial charge in [-0.15, -0.1) is 0 Å². The molecule has 118 valence electrons. The van der Waals surface area contributed by atoms with Crippen molar-refractivity contribution in [2.75, 3.05) is 26.9 Å². The molecule has 0 unspecified atom stereocenters. The Bertz CT molecular complexity index is 623. The summed E-state index contributed by atoms with van der Waals surface area (Å²) in [6, 6.07) is -0.203. The van der Waals surface area contributed by atoms with Crippen molar-refractivity contribution in [1.29, 1.82) is 0 Å². The molecule has 1 aromatic rings. The molecular formula is C12H21N5O3S. The number of amides is 2. The average Bonchev–Trinajstić information content (AvgIpc) is 2.63. The van der Waals surface area contributed by atoms with Gasteiger partial charge in [-0.1, -0.05) is 0 Å². The molecule has 2 heterocycles. The molecule has 2 amide bonds. The summed E-state index contributed by atoms with van der Waals surface area (Å²) >= 11 is 0. The molecule has 0 aromatic carbocycles. The van der Waals surface area contributed by atoms with Crippen molar-refractivity contribution in [2.24, 2.45) is 0 Å². The van der Waals surface area contributed by atoms with Crippen LogP contribution in [-0.4, -0.2) is 60.1 Å². The number of urea groups is 1. The van der Waals surface area contributed by atoms with Crippen LogP contribution < -0.4 is 5.32 Å². The maximum atomic E-state index is 11.8. The zero-order chi connectivity index (χ0) is 15.6. The summed E-state index contributed by atoms with van der Waals surface area (Å²) in [4.78, 5) is 17.3. The number of carbonyl (C=O) groups is 1. The Kier molecular flexibility index (Phi) is 4.52. The maximum absolute atomic E-state index is 11.8. The number of nitrogens with one attached hydrogen (secondary N) is 1. The van der Waals surface area contributed by atoms with Gasteiger partial charge in [0.25, 0.3) is 0 Å². The second-order valence-corrected chi connectivity index (χ2v) is 7.32.